The number of rotatable bonds is 6. The summed E-state index contributed by atoms with van der Waals surface area (Å²) < 4.78 is 4.87. The van der Waals surface area contributed by atoms with Crippen molar-refractivity contribution in [3.05, 3.63) is 0 Å². The van der Waals surface area contributed by atoms with Gasteiger partial charge in [-0.1, -0.05) is 0 Å². The molecular formula is C11H22ClN3O3. The lowest BCUT2D eigenvalue weighted by Crippen LogP contribution is -2.52. The molecule has 1 saturated heterocycles. The smallest absolute Gasteiger partial charge is 0.240 e. The lowest BCUT2D eigenvalue weighted by molar-refractivity contribution is -0.140. The molecule has 6 nitrogen and oxygen atoms in total. The highest BCUT2D eigenvalue weighted by Gasteiger charge is 2.29. The van der Waals surface area contributed by atoms with E-state index >= 15 is 0 Å². The molecule has 1 heterocycles. The van der Waals surface area contributed by atoms with Crippen LogP contribution in [0.3, 0.4) is 0 Å². The van der Waals surface area contributed by atoms with Crippen molar-refractivity contribution in [3.63, 3.8) is 0 Å². The Bertz CT molecular complexity index is 276. The van der Waals surface area contributed by atoms with E-state index in [2.05, 4.69) is 5.32 Å². The van der Waals surface area contributed by atoms with Crippen LogP contribution in [0.25, 0.3) is 0 Å². The van der Waals surface area contributed by atoms with Crippen LogP contribution >= 0.6 is 12.4 Å². The molecule has 0 bridgehead atoms. The van der Waals surface area contributed by atoms with E-state index in [1.165, 1.54) is 0 Å². The van der Waals surface area contributed by atoms with E-state index in [-0.39, 0.29) is 24.9 Å². The molecule has 3 N–H and O–H groups in total. The topological polar surface area (TPSA) is 84.7 Å². The fraction of sp³-hybridized carbons (Fsp3) is 0.818. The van der Waals surface area contributed by atoms with Crippen LogP contribution in [0.2, 0.25) is 0 Å². The number of hydrogen-bond donors (Lipinski definition) is 2. The minimum Gasteiger partial charge on any atom is -0.383 e. The third-order valence-corrected chi connectivity index (χ3v) is 2.91. The van der Waals surface area contributed by atoms with Crippen molar-refractivity contribution >= 4 is 24.2 Å². The van der Waals surface area contributed by atoms with Crippen LogP contribution in [-0.2, 0) is 14.3 Å². The van der Waals surface area contributed by atoms with Crippen molar-refractivity contribution in [3.8, 4) is 0 Å². The average Bonchev–Trinajstić information content (AvgIpc) is 2.34. The molecule has 0 radical (unpaired) electrons. The Morgan fingerprint density at radius 3 is 2.78 bits per heavy atom. The third kappa shape index (κ3) is 5.20. The lowest BCUT2D eigenvalue weighted by Gasteiger charge is -2.33. The Balaban J connectivity index is 0.00000289. The SMILES string of the molecule is COCCNCC(=O)N1CCCCC1C(N)=O.Cl. The van der Waals surface area contributed by atoms with E-state index in [1.807, 2.05) is 0 Å². The maximum Gasteiger partial charge on any atom is 0.240 e. The Kier molecular flexibility index (Phi) is 8.70. The zero-order valence-corrected chi connectivity index (χ0v) is 11.5. The van der Waals surface area contributed by atoms with Crippen molar-refractivity contribution in [1.29, 1.82) is 0 Å². The Morgan fingerprint density at radius 2 is 2.17 bits per heavy atom. The van der Waals surface area contributed by atoms with Crippen LogP contribution in [0.1, 0.15) is 19.3 Å². The number of amides is 2. The van der Waals surface area contributed by atoms with Gasteiger partial charge in [0.1, 0.15) is 6.04 Å². The largest absolute Gasteiger partial charge is 0.383 e. The average molecular weight is 280 g/mol. The molecular weight excluding hydrogens is 258 g/mol. The number of likely N-dealkylation sites (tertiary alicyclic amines) is 1. The van der Waals surface area contributed by atoms with Crippen molar-refractivity contribution in [2.24, 2.45) is 5.73 Å². The molecule has 1 aliphatic heterocycles. The van der Waals surface area contributed by atoms with E-state index in [1.54, 1.807) is 12.0 Å². The Labute approximate surface area is 114 Å². The van der Waals surface area contributed by atoms with Crippen molar-refractivity contribution in [2.75, 3.05) is 33.4 Å². The first-order valence-corrected chi connectivity index (χ1v) is 5.95. The van der Waals surface area contributed by atoms with Gasteiger partial charge in [-0.05, 0) is 19.3 Å². The maximum atomic E-state index is 11.9. The molecule has 0 aliphatic carbocycles. The second kappa shape index (κ2) is 9.13. The number of nitrogens with two attached hydrogens (primary N) is 1. The number of primary amides is 1. The van der Waals surface area contributed by atoms with Crippen LogP contribution in [0.15, 0.2) is 0 Å². The molecule has 7 heteroatoms. The molecule has 0 aromatic rings. The van der Waals surface area contributed by atoms with Gasteiger partial charge >= 0.3 is 0 Å². The summed E-state index contributed by atoms with van der Waals surface area (Å²) in [7, 11) is 1.61. The summed E-state index contributed by atoms with van der Waals surface area (Å²) in [5.41, 5.74) is 5.30. The fourth-order valence-corrected chi connectivity index (χ4v) is 2.00. The first-order valence-electron chi connectivity index (χ1n) is 5.95. The molecule has 1 fully saturated rings. The minimum atomic E-state index is -0.430. The monoisotopic (exact) mass is 279 g/mol. The molecule has 1 rings (SSSR count). The van der Waals surface area contributed by atoms with Gasteiger partial charge in [0.15, 0.2) is 0 Å². The van der Waals surface area contributed by atoms with Crippen LogP contribution in [0, 0.1) is 0 Å². The first kappa shape index (κ1) is 17.2. The fourth-order valence-electron chi connectivity index (χ4n) is 2.00. The van der Waals surface area contributed by atoms with E-state index in [9.17, 15) is 9.59 Å². The number of carbonyl (C=O) groups is 2. The minimum absolute atomic E-state index is 0. The van der Waals surface area contributed by atoms with Gasteiger partial charge in [0.2, 0.25) is 11.8 Å². The summed E-state index contributed by atoms with van der Waals surface area (Å²) in [5.74, 6) is -0.473. The summed E-state index contributed by atoms with van der Waals surface area (Å²) >= 11 is 0. The number of ether oxygens (including phenoxy) is 1. The molecule has 0 aromatic heterocycles. The lowest BCUT2D eigenvalue weighted by atomic mass is 10.0. The number of carbonyl (C=O) groups excluding carboxylic acids is 2. The standard InChI is InChI=1S/C11H21N3O3.ClH/c1-17-7-5-13-8-10(15)14-6-3-2-4-9(14)11(12)16;/h9,13H,2-8H2,1H3,(H2,12,16);1H. The number of piperidine rings is 1. The third-order valence-electron chi connectivity index (χ3n) is 2.91. The van der Waals surface area contributed by atoms with Crippen molar-refractivity contribution < 1.29 is 14.3 Å². The number of halogens is 1. The first-order chi connectivity index (χ1) is 8.16. The van der Waals surface area contributed by atoms with Crippen LogP contribution in [0.5, 0.6) is 0 Å². The molecule has 0 aromatic carbocycles. The van der Waals surface area contributed by atoms with Crippen LogP contribution in [0.4, 0.5) is 0 Å². The highest BCUT2D eigenvalue weighted by Crippen LogP contribution is 2.16. The van der Waals surface area contributed by atoms with E-state index < -0.39 is 11.9 Å². The van der Waals surface area contributed by atoms with E-state index in [4.69, 9.17) is 10.5 Å². The van der Waals surface area contributed by atoms with Crippen LogP contribution < -0.4 is 11.1 Å². The zero-order valence-electron chi connectivity index (χ0n) is 10.7. The molecule has 1 atom stereocenters. The Hall–Kier alpha value is -0.850. The van der Waals surface area contributed by atoms with Gasteiger partial charge in [-0.3, -0.25) is 9.59 Å². The van der Waals surface area contributed by atoms with Crippen molar-refractivity contribution in [1.82, 2.24) is 10.2 Å². The number of methoxy groups -OCH3 is 1. The molecule has 0 saturated carbocycles. The van der Waals surface area contributed by atoms with Gasteiger partial charge in [-0.2, -0.15) is 0 Å². The molecule has 18 heavy (non-hydrogen) atoms. The highest BCUT2D eigenvalue weighted by atomic mass is 35.5. The predicted molar refractivity (Wildman–Crippen MR) is 70.5 cm³/mol. The van der Waals surface area contributed by atoms with E-state index in [0.29, 0.717) is 26.1 Å². The second-order valence-electron chi connectivity index (χ2n) is 4.17. The van der Waals surface area contributed by atoms with Gasteiger partial charge in [-0.15, -0.1) is 12.4 Å². The van der Waals surface area contributed by atoms with Gasteiger partial charge in [0, 0.05) is 20.2 Å². The molecule has 106 valence electrons. The summed E-state index contributed by atoms with van der Waals surface area (Å²) in [5, 5.41) is 2.97. The number of hydrogen-bond acceptors (Lipinski definition) is 4. The van der Waals surface area contributed by atoms with Gasteiger partial charge in [-0.25, -0.2) is 0 Å². The summed E-state index contributed by atoms with van der Waals surface area (Å²) in [6.07, 6.45) is 2.57. The summed E-state index contributed by atoms with van der Waals surface area (Å²) in [6.45, 7) is 2.04. The number of nitrogens with one attached hydrogen (secondary N) is 1. The molecule has 0 spiro atoms. The summed E-state index contributed by atoms with van der Waals surface area (Å²) in [4.78, 5) is 24.7. The van der Waals surface area contributed by atoms with Crippen LogP contribution in [-0.4, -0.2) is 56.1 Å². The normalized spacial score (nSPS) is 19.2. The Morgan fingerprint density at radius 1 is 1.44 bits per heavy atom. The molecule has 1 aliphatic rings. The summed E-state index contributed by atoms with van der Waals surface area (Å²) in [6, 6.07) is -0.430. The zero-order chi connectivity index (χ0) is 12.7. The van der Waals surface area contributed by atoms with Gasteiger partial charge in [0.05, 0.1) is 13.2 Å². The predicted octanol–water partition coefficient (Wildman–Crippen LogP) is -0.489. The highest BCUT2D eigenvalue weighted by molar-refractivity contribution is 5.87. The van der Waals surface area contributed by atoms with Crippen molar-refractivity contribution in [2.45, 2.75) is 25.3 Å². The number of nitrogens with zero attached hydrogens (tertiary/aromatic N) is 1. The second-order valence-corrected chi connectivity index (χ2v) is 4.17. The maximum absolute atomic E-state index is 11.9. The molecule has 2 amide bonds. The van der Waals surface area contributed by atoms with E-state index in [0.717, 1.165) is 12.8 Å². The molecule has 1 unspecified atom stereocenters. The van der Waals surface area contributed by atoms with Gasteiger partial charge < -0.3 is 20.7 Å². The quantitative estimate of drug-likeness (QED) is 0.643. The van der Waals surface area contributed by atoms with Gasteiger partial charge in [0.25, 0.3) is 0 Å².